The molecule has 0 aromatic heterocycles. The number of carbonyl (C=O) groups is 2. The zero-order chi connectivity index (χ0) is 20.7. The molecule has 8 nitrogen and oxygen atoms in total. The van der Waals surface area contributed by atoms with E-state index in [0.717, 1.165) is 63.4 Å². The molecule has 1 aromatic rings. The van der Waals surface area contributed by atoms with Gasteiger partial charge in [-0.05, 0) is 56.0 Å². The summed E-state index contributed by atoms with van der Waals surface area (Å²) in [6, 6.07) is 5.87. The van der Waals surface area contributed by atoms with E-state index in [4.69, 9.17) is 14.3 Å². The second kappa shape index (κ2) is 7.73. The van der Waals surface area contributed by atoms with Crippen LogP contribution in [0.25, 0.3) is 0 Å². The second-order valence-corrected chi connectivity index (χ2v) is 7.65. The molecule has 0 amide bonds. The molecule has 1 aliphatic carbocycles. The first kappa shape index (κ1) is 19.1. The molecule has 30 heavy (non-hydrogen) atoms. The lowest BCUT2D eigenvalue weighted by Gasteiger charge is -2.33. The van der Waals surface area contributed by atoms with Gasteiger partial charge >= 0.3 is 11.9 Å². The van der Waals surface area contributed by atoms with Crippen LogP contribution in [0.2, 0.25) is 0 Å². The molecule has 0 N–H and O–H groups in total. The van der Waals surface area contributed by atoms with E-state index in [1.54, 1.807) is 17.1 Å². The first-order valence-electron chi connectivity index (χ1n) is 10.2. The van der Waals surface area contributed by atoms with E-state index >= 15 is 0 Å². The molecule has 1 aromatic carbocycles. The Bertz CT molecular complexity index is 923. The average molecular weight is 415 g/mol. The predicted molar refractivity (Wildman–Crippen MR) is 103 cm³/mol. The third-order valence-corrected chi connectivity index (χ3v) is 5.85. The van der Waals surface area contributed by atoms with Crippen molar-refractivity contribution in [3.05, 3.63) is 53.3 Å². The number of hydrogen-bond acceptors (Lipinski definition) is 8. The van der Waals surface area contributed by atoms with E-state index in [2.05, 4.69) is 4.90 Å². The van der Waals surface area contributed by atoms with Crippen molar-refractivity contribution in [3.63, 3.8) is 0 Å². The lowest BCUT2D eigenvalue weighted by Crippen LogP contribution is -2.45. The van der Waals surface area contributed by atoms with Crippen molar-refractivity contribution in [3.8, 4) is 0 Å². The molecule has 3 heterocycles. The van der Waals surface area contributed by atoms with Crippen LogP contribution in [0.4, 0.5) is 10.1 Å². The highest BCUT2D eigenvalue weighted by Gasteiger charge is 2.48. The first-order chi connectivity index (χ1) is 14.6. The summed E-state index contributed by atoms with van der Waals surface area (Å²) in [4.78, 5) is 31.5. The third kappa shape index (κ3) is 3.33. The standard InChI is InChI=1S/C21H22FN3O5/c22-15-4-6-16(7-5-15)24-17-3-1-2-14(8-9-23-10-12-28-13-11-23)18(17)19-25(24)30-21(27)20(26)29-19/h3-7,14H,1-2,8-13H2. The fourth-order valence-electron chi connectivity index (χ4n) is 4.36. The number of morpholine rings is 1. The van der Waals surface area contributed by atoms with Gasteiger partial charge in [-0.3, -0.25) is 4.90 Å². The van der Waals surface area contributed by atoms with Crippen LogP contribution >= 0.6 is 0 Å². The van der Waals surface area contributed by atoms with Crippen molar-refractivity contribution in [1.82, 2.24) is 10.1 Å². The highest BCUT2D eigenvalue weighted by atomic mass is 19.1. The van der Waals surface area contributed by atoms with E-state index < -0.39 is 11.9 Å². The Morgan fingerprint density at radius 3 is 2.60 bits per heavy atom. The summed E-state index contributed by atoms with van der Waals surface area (Å²) in [5.41, 5.74) is 2.26. The van der Waals surface area contributed by atoms with Crippen molar-refractivity contribution < 1.29 is 28.3 Å². The predicted octanol–water partition coefficient (Wildman–Crippen LogP) is 2.11. The molecule has 0 radical (unpaired) electrons. The summed E-state index contributed by atoms with van der Waals surface area (Å²) in [5, 5.41) is 2.88. The second-order valence-electron chi connectivity index (χ2n) is 7.65. The monoisotopic (exact) mass is 415 g/mol. The zero-order valence-corrected chi connectivity index (χ0v) is 16.4. The molecule has 0 spiro atoms. The summed E-state index contributed by atoms with van der Waals surface area (Å²) in [6.07, 6.45) is 4.67. The van der Waals surface area contributed by atoms with Gasteiger partial charge in [-0.1, -0.05) is 11.2 Å². The van der Waals surface area contributed by atoms with Crippen LogP contribution < -0.4 is 5.01 Å². The number of benzene rings is 1. The Kier molecular flexibility index (Phi) is 4.92. The van der Waals surface area contributed by atoms with Crippen LogP contribution in [0.1, 0.15) is 19.3 Å². The van der Waals surface area contributed by atoms with Gasteiger partial charge in [-0.25, -0.2) is 19.0 Å². The SMILES string of the molecule is O=C1OC2=C3C(=CCCC3CCN3CCOCC3)N(c3ccc(F)cc3)N2OC1=O. The summed E-state index contributed by atoms with van der Waals surface area (Å²) >= 11 is 0. The molecule has 0 saturated carbocycles. The van der Waals surface area contributed by atoms with E-state index in [1.807, 2.05) is 6.08 Å². The van der Waals surface area contributed by atoms with Crippen LogP contribution in [0.15, 0.2) is 47.5 Å². The van der Waals surface area contributed by atoms with E-state index in [0.29, 0.717) is 5.69 Å². The highest BCUT2D eigenvalue weighted by molar-refractivity contribution is 6.30. The normalized spacial score (nSPS) is 24.3. The fourth-order valence-corrected chi connectivity index (χ4v) is 4.36. The number of fused-ring (bicyclic) bond motifs is 2. The van der Waals surface area contributed by atoms with Gasteiger partial charge in [0.15, 0.2) is 0 Å². The molecule has 3 aliphatic heterocycles. The van der Waals surface area contributed by atoms with Crippen molar-refractivity contribution in [2.75, 3.05) is 37.9 Å². The van der Waals surface area contributed by atoms with Gasteiger partial charge < -0.3 is 14.3 Å². The lowest BCUT2D eigenvalue weighted by atomic mass is 9.84. The molecule has 158 valence electrons. The fraction of sp³-hybridized carbons (Fsp3) is 0.429. The van der Waals surface area contributed by atoms with Gasteiger partial charge in [-0.15, -0.1) is 0 Å². The molecule has 2 saturated heterocycles. The number of hydrazine groups is 1. The molecular weight excluding hydrogens is 393 g/mol. The summed E-state index contributed by atoms with van der Waals surface area (Å²) in [5.74, 6) is -2.13. The van der Waals surface area contributed by atoms with E-state index in [-0.39, 0.29) is 17.6 Å². The van der Waals surface area contributed by atoms with Gasteiger partial charge in [-0.2, -0.15) is 0 Å². The quantitative estimate of drug-likeness (QED) is 0.547. The Balaban J connectivity index is 1.46. The largest absolute Gasteiger partial charge is 0.443 e. The molecule has 5 rings (SSSR count). The molecule has 1 atom stereocenters. The lowest BCUT2D eigenvalue weighted by molar-refractivity contribution is -0.216. The number of anilines is 1. The summed E-state index contributed by atoms with van der Waals surface area (Å²) < 4.78 is 24.3. The van der Waals surface area contributed by atoms with Crippen LogP contribution in [0.3, 0.4) is 0 Å². The van der Waals surface area contributed by atoms with Gasteiger partial charge in [0.05, 0.1) is 24.6 Å². The van der Waals surface area contributed by atoms with E-state index in [9.17, 15) is 14.0 Å². The molecule has 2 fully saturated rings. The average Bonchev–Trinajstić information content (AvgIpc) is 3.08. The van der Waals surface area contributed by atoms with Crippen molar-refractivity contribution in [2.24, 2.45) is 5.92 Å². The highest BCUT2D eigenvalue weighted by Crippen LogP contribution is 2.46. The number of rotatable bonds is 4. The minimum absolute atomic E-state index is 0.139. The maximum absolute atomic E-state index is 13.5. The summed E-state index contributed by atoms with van der Waals surface area (Å²) in [6.45, 7) is 4.19. The van der Waals surface area contributed by atoms with Gasteiger partial charge in [0.25, 0.3) is 5.88 Å². The van der Waals surface area contributed by atoms with Gasteiger partial charge in [0.2, 0.25) is 0 Å². The molecule has 0 bridgehead atoms. The maximum Gasteiger partial charge on any atom is 0.443 e. The van der Waals surface area contributed by atoms with Crippen molar-refractivity contribution in [2.45, 2.75) is 19.3 Å². The number of hydroxylamine groups is 1. The summed E-state index contributed by atoms with van der Waals surface area (Å²) in [7, 11) is 0. The third-order valence-electron chi connectivity index (χ3n) is 5.85. The Morgan fingerprint density at radius 2 is 1.83 bits per heavy atom. The van der Waals surface area contributed by atoms with Crippen molar-refractivity contribution >= 4 is 17.6 Å². The minimum atomic E-state index is -1.09. The van der Waals surface area contributed by atoms with Crippen LogP contribution in [0, 0.1) is 11.7 Å². The zero-order valence-electron chi connectivity index (χ0n) is 16.4. The number of nitrogens with zero attached hydrogens (tertiary/aromatic N) is 3. The number of carbonyl (C=O) groups excluding carboxylic acids is 2. The van der Waals surface area contributed by atoms with E-state index in [1.165, 1.54) is 17.3 Å². The van der Waals surface area contributed by atoms with Gasteiger partial charge in [0, 0.05) is 18.7 Å². The number of allylic oxidation sites excluding steroid dienone is 2. The first-order valence-corrected chi connectivity index (χ1v) is 10.2. The molecule has 1 unspecified atom stereocenters. The number of hydrogen-bond donors (Lipinski definition) is 0. The Hall–Kier alpha value is -2.91. The molecular formula is C21H22FN3O5. The van der Waals surface area contributed by atoms with Crippen molar-refractivity contribution in [1.29, 1.82) is 0 Å². The Morgan fingerprint density at radius 1 is 1.07 bits per heavy atom. The van der Waals surface area contributed by atoms with Gasteiger partial charge in [0.1, 0.15) is 5.82 Å². The Labute approximate surface area is 173 Å². The van der Waals surface area contributed by atoms with Crippen LogP contribution in [-0.2, 0) is 23.9 Å². The minimum Gasteiger partial charge on any atom is -0.395 e. The molecule has 9 heteroatoms. The smallest absolute Gasteiger partial charge is 0.395 e. The topological polar surface area (TPSA) is 71.6 Å². The van der Waals surface area contributed by atoms with Crippen LogP contribution in [0.5, 0.6) is 0 Å². The van der Waals surface area contributed by atoms with Crippen LogP contribution in [-0.4, -0.2) is 54.9 Å². The number of ether oxygens (including phenoxy) is 2. The molecule has 4 aliphatic rings. The number of halogens is 1. The number of esters is 1. The maximum atomic E-state index is 13.5.